The Morgan fingerprint density at radius 3 is 2.64 bits per heavy atom. The number of ether oxygens (including phenoxy) is 2. The maximum Gasteiger partial charge on any atom is 0.341 e. The number of amides is 1. The van der Waals surface area contributed by atoms with Crippen molar-refractivity contribution in [2.75, 3.05) is 20.3 Å². The van der Waals surface area contributed by atoms with Crippen molar-refractivity contribution in [2.45, 2.75) is 23.8 Å². The van der Waals surface area contributed by atoms with Crippen LogP contribution in [0.25, 0.3) is 0 Å². The summed E-state index contributed by atoms with van der Waals surface area (Å²) in [6.45, 7) is -0.293. The van der Waals surface area contributed by atoms with Crippen molar-refractivity contribution in [3.8, 4) is 11.5 Å². The zero-order chi connectivity index (χ0) is 24.0. The summed E-state index contributed by atoms with van der Waals surface area (Å²) in [5.74, 6) is -1.13. The van der Waals surface area contributed by atoms with Gasteiger partial charge in [0.25, 0.3) is 5.91 Å². The molecule has 176 valence electrons. The van der Waals surface area contributed by atoms with Crippen molar-refractivity contribution < 1.29 is 32.6 Å². The smallest absolute Gasteiger partial charge is 0.341 e. The summed E-state index contributed by atoms with van der Waals surface area (Å²) in [4.78, 5) is 23.4. The second kappa shape index (κ2) is 10.6. The van der Waals surface area contributed by atoms with E-state index < -0.39 is 34.5 Å². The van der Waals surface area contributed by atoms with Gasteiger partial charge in [-0.2, -0.15) is 9.41 Å². The number of hydrogen-bond acceptors (Lipinski definition) is 7. The molecule has 1 saturated heterocycles. The number of nitrogens with one attached hydrogen (secondary N) is 1. The maximum absolute atomic E-state index is 13.0. The van der Waals surface area contributed by atoms with E-state index in [9.17, 15) is 18.0 Å². The Kier molecular flexibility index (Phi) is 7.90. The summed E-state index contributed by atoms with van der Waals surface area (Å²) in [7, 11) is -2.46. The van der Waals surface area contributed by atoms with Crippen LogP contribution in [0.4, 0.5) is 0 Å². The molecule has 3 rings (SSSR count). The Morgan fingerprint density at radius 2 is 1.97 bits per heavy atom. The molecule has 2 aromatic carbocycles. The molecule has 12 heteroatoms. The zero-order valence-electron chi connectivity index (χ0n) is 17.6. The molecule has 2 aromatic rings. The van der Waals surface area contributed by atoms with Gasteiger partial charge in [-0.05, 0) is 60.9 Å². The van der Waals surface area contributed by atoms with Gasteiger partial charge in [0.1, 0.15) is 6.04 Å². The highest BCUT2D eigenvalue weighted by molar-refractivity contribution is 7.89. The van der Waals surface area contributed by atoms with Gasteiger partial charge in [0, 0.05) is 11.6 Å². The van der Waals surface area contributed by atoms with Gasteiger partial charge in [0.15, 0.2) is 18.1 Å². The van der Waals surface area contributed by atoms with Crippen LogP contribution in [0.2, 0.25) is 5.02 Å². The lowest BCUT2D eigenvalue weighted by molar-refractivity contribution is -0.139. The highest BCUT2D eigenvalue weighted by Crippen LogP contribution is 2.28. The second-order valence-electron chi connectivity index (χ2n) is 7.05. The molecular weight excluding hydrogens is 474 g/mol. The average Bonchev–Trinajstić information content (AvgIpc) is 3.29. The van der Waals surface area contributed by atoms with Gasteiger partial charge in [-0.25, -0.2) is 18.6 Å². The summed E-state index contributed by atoms with van der Waals surface area (Å²) >= 11 is 5.84. The van der Waals surface area contributed by atoms with Crippen molar-refractivity contribution in [1.29, 1.82) is 0 Å². The number of hydrazone groups is 1. The van der Waals surface area contributed by atoms with E-state index in [0.29, 0.717) is 29.2 Å². The minimum absolute atomic E-state index is 0.0624. The fourth-order valence-corrected chi connectivity index (χ4v) is 5.08. The van der Waals surface area contributed by atoms with Crippen molar-refractivity contribution >= 4 is 39.7 Å². The van der Waals surface area contributed by atoms with Crippen LogP contribution < -0.4 is 14.9 Å². The Hall–Kier alpha value is -3.15. The van der Waals surface area contributed by atoms with Gasteiger partial charge in [-0.15, -0.1) is 0 Å². The molecule has 0 spiro atoms. The molecular formula is C21H22ClN3O7S. The quantitative estimate of drug-likeness (QED) is 0.402. The Balaban J connectivity index is 1.67. The molecule has 0 unspecified atom stereocenters. The lowest BCUT2D eigenvalue weighted by Crippen LogP contribution is -2.44. The van der Waals surface area contributed by atoms with Gasteiger partial charge in [0.05, 0.1) is 18.2 Å². The van der Waals surface area contributed by atoms with Crippen LogP contribution in [0.15, 0.2) is 52.5 Å². The largest absolute Gasteiger partial charge is 0.493 e. The van der Waals surface area contributed by atoms with Crippen LogP contribution >= 0.6 is 11.6 Å². The van der Waals surface area contributed by atoms with E-state index in [1.807, 2.05) is 0 Å². The fraction of sp³-hybridized carbons (Fsp3) is 0.286. The molecule has 1 fully saturated rings. The van der Waals surface area contributed by atoms with Gasteiger partial charge in [-0.3, -0.25) is 4.79 Å². The predicted molar refractivity (Wildman–Crippen MR) is 120 cm³/mol. The molecule has 2 N–H and O–H groups in total. The number of halogens is 1. The molecule has 1 aliphatic heterocycles. The third kappa shape index (κ3) is 6.01. The molecule has 0 aliphatic carbocycles. The first kappa shape index (κ1) is 24.5. The molecule has 1 aliphatic rings. The highest BCUT2D eigenvalue weighted by atomic mass is 35.5. The number of methoxy groups -OCH3 is 1. The topological polar surface area (TPSA) is 135 Å². The number of sulfonamides is 1. The van der Waals surface area contributed by atoms with E-state index in [1.165, 1.54) is 48.0 Å². The number of carbonyl (C=O) groups is 2. The number of rotatable bonds is 9. The van der Waals surface area contributed by atoms with Crippen LogP contribution in [0.5, 0.6) is 11.5 Å². The molecule has 1 atom stereocenters. The van der Waals surface area contributed by atoms with E-state index >= 15 is 0 Å². The first-order valence-corrected chi connectivity index (χ1v) is 11.7. The van der Waals surface area contributed by atoms with E-state index in [2.05, 4.69) is 10.5 Å². The lowest BCUT2D eigenvalue weighted by Gasteiger charge is -2.22. The number of carboxylic acid groups (broad SMARTS) is 1. The molecule has 0 radical (unpaired) electrons. The van der Waals surface area contributed by atoms with Crippen LogP contribution in [-0.2, 0) is 19.6 Å². The SMILES string of the molecule is COc1cc(/C=N\NC(=O)[C@H]2CCCN2S(=O)(=O)c2ccc(Cl)cc2)ccc1OCC(=O)O. The minimum Gasteiger partial charge on any atom is -0.493 e. The fourth-order valence-electron chi connectivity index (χ4n) is 3.30. The van der Waals surface area contributed by atoms with Crippen molar-refractivity contribution in [1.82, 2.24) is 9.73 Å². The number of benzene rings is 2. The third-order valence-corrected chi connectivity index (χ3v) is 7.03. The van der Waals surface area contributed by atoms with Crippen LogP contribution in [-0.4, -0.2) is 62.2 Å². The second-order valence-corrected chi connectivity index (χ2v) is 9.38. The van der Waals surface area contributed by atoms with Gasteiger partial charge >= 0.3 is 5.97 Å². The Morgan fingerprint density at radius 1 is 1.24 bits per heavy atom. The normalized spacial score (nSPS) is 16.6. The van der Waals surface area contributed by atoms with Crippen molar-refractivity contribution in [2.24, 2.45) is 5.10 Å². The van der Waals surface area contributed by atoms with Gasteiger partial charge < -0.3 is 14.6 Å². The monoisotopic (exact) mass is 495 g/mol. The first-order chi connectivity index (χ1) is 15.7. The standard InChI is InChI=1S/C21H22ClN3O7S/c1-31-19-11-14(4-9-18(19)32-13-20(26)27)12-23-24-21(28)17-3-2-10-25(17)33(29,30)16-7-5-15(22)6-8-16/h4-9,11-12,17H,2-3,10,13H2,1H3,(H,24,28)(H,26,27)/b23-12-/t17-/m1/s1. The number of carboxylic acids is 1. The zero-order valence-corrected chi connectivity index (χ0v) is 19.2. The van der Waals surface area contributed by atoms with E-state index in [0.717, 1.165) is 0 Å². The molecule has 1 amide bonds. The van der Waals surface area contributed by atoms with Crippen molar-refractivity contribution in [3.63, 3.8) is 0 Å². The van der Waals surface area contributed by atoms with Crippen LogP contribution in [0.1, 0.15) is 18.4 Å². The van der Waals surface area contributed by atoms with Gasteiger partial charge in [-0.1, -0.05) is 11.6 Å². The van der Waals surface area contributed by atoms with Crippen LogP contribution in [0.3, 0.4) is 0 Å². The molecule has 0 aromatic heterocycles. The lowest BCUT2D eigenvalue weighted by atomic mass is 10.2. The van der Waals surface area contributed by atoms with Crippen LogP contribution in [0, 0.1) is 0 Å². The Labute approximate surface area is 195 Å². The molecule has 0 bridgehead atoms. The minimum atomic E-state index is -3.86. The summed E-state index contributed by atoms with van der Waals surface area (Å²) in [6.07, 6.45) is 2.27. The molecule has 1 heterocycles. The number of hydrogen-bond donors (Lipinski definition) is 2. The van der Waals surface area contributed by atoms with E-state index in [4.69, 9.17) is 26.2 Å². The third-order valence-electron chi connectivity index (χ3n) is 4.85. The molecule has 33 heavy (non-hydrogen) atoms. The number of nitrogens with zero attached hydrogens (tertiary/aromatic N) is 2. The predicted octanol–water partition coefficient (Wildman–Crippen LogP) is 2.12. The highest BCUT2D eigenvalue weighted by Gasteiger charge is 2.39. The summed E-state index contributed by atoms with van der Waals surface area (Å²) < 4.78 is 37.4. The number of carbonyl (C=O) groups excluding carboxylic acids is 1. The maximum atomic E-state index is 13.0. The summed E-state index contributed by atoms with van der Waals surface area (Å²) in [6, 6.07) is 9.56. The molecule has 0 saturated carbocycles. The number of aliphatic carboxylic acids is 1. The Bertz CT molecular complexity index is 1150. The molecule has 10 nitrogen and oxygen atoms in total. The van der Waals surface area contributed by atoms with E-state index in [-0.39, 0.29) is 17.2 Å². The summed E-state index contributed by atoms with van der Waals surface area (Å²) in [5, 5.41) is 13.0. The van der Waals surface area contributed by atoms with E-state index in [1.54, 1.807) is 12.1 Å². The van der Waals surface area contributed by atoms with Gasteiger partial charge in [0.2, 0.25) is 10.0 Å². The summed E-state index contributed by atoms with van der Waals surface area (Å²) in [5.41, 5.74) is 2.93. The van der Waals surface area contributed by atoms with Crippen molar-refractivity contribution in [3.05, 3.63) is 53.1 Å². The first-order valence-electron chi connectivity index (χ1n) is 9.85. The average molecular weight is 496 g/mol.